The van der Waals surface area contributed by atoms with E-state index in [0.29, 0.717) is 23.9 Å². The number of carbonyl (C=O) groups is 1. The third-order valence-corrected chi connectivity index (χ3v) is 6.58. The molecule has 2 N–H and O–H groups in total. The predicted molar refractivity (Wildman–Crippen MR) is 101 cm³/mol. The standard InChI is InChI=1S/C16H23ClN2O4S.ClH/c1-12(23-14-6-4-3-5-13(14)17)11-19-15(20)16(24(2,21)22)7-9-18-10-8-16;/h3-6,12,18H,7-11H2,1-2H3,(H,19,20);1H. The fraction of sp³-hybridized carbons (Fsp3) is 0.562. The van der Waals surface area contributed by atoms with Crippen LogP contribution in [0.4, 0.5) is 0 Å². The average Bonchev–Trinajstić information content (AvgIpc) is 2.54. The third kappa shape index (κ3) is 5.23. The molecular formula is C16H24Cl2N2O4S. The number of sulfone groups is 1. The van der Waals surface area contributed by atoms with Crippen molar-refractivity contribution in [2.45, 2.75) is 30.6 Å². The maximum absolute atomic E-state index is 12.6. The Bertz CT molecular complexity index is 691. The number of piperidine rings is 1. The molecular weight excluding hydrogens is 387 g/mol. The second-order valence-electron chi connectivity index (χ2n) is 6.09. The molecule has 0 radical (unpaired) electrons. The lowest BCUT2D eigenvalue weighted by Gasteiger charge is -2.34. The molecule has 1 fully saturated rings. The Morgan fingerprint density at radius 2 is 1.96 bits per heavy atom. The number of para-hydroxylation sites is 1. The molecule has 0 spiro atoms. The van der Waals surface area contributed by atoms with Crippen molar-refractivity contribution in [2.75, 3.05) is 25.9 Å². The van der Waals surface area contributed by atoms with Gasteiger partial charge in [-0.15, -0.1) is 12.4 Å². The maximum atomic E-state index is 12.6. The van der Waals surface area contributed by atoms with Crippen molar-refractivity contribution in [2.24, 2.45) is 0 Å². The summed E-state index contributed by atoms with van der Waals surface area (Å²) in [5.74, 6) is 0.0710. The first-order chi connectivity index (χ1) is 11.3. The van der Waals surface area contributed by atoms with Crippen molar-refractivity contribution in [3.8, 4) is 5.75 Å². The Labute approximate surface area is 160 Å². The SMILES string of the molecule is CC(CNC(=O)C1(S(C)(=O)=O)CCNCC1)Oc1ccccc1Cl.Cl. The molecule has 1 aromatic carbocycles. The molecule has 0 saturated carbocycles. The van der Waals surface area contributed by atoms with E-state index in [1.807, 2.05) is 0 Å². The highest BCUT2D eigenvalue weighted by atomic mass is 35.5. The number of halogens is 2. The van der Waals surface area contributed by atoms with Gasteiger partial charge < -0.3 is 15.4 Å². The Kier molecular flexibility index (Phi) is 7.99. The summed E-state index contributed by atoms with van der Waals surface area (Å²) < 4.78 is 28.7. The van der Waals surface area contributed by atoms with E-state index in [4.69, 9.17) is 16.3 Å². The molecule has 0 bridgehead atoms. The van der Waals surface area contributed by atoms with Gasteiger partial charge in [0.1, 0.15) is 11.9 Å². The van der Waals surface area contributed by atoms with Crippen molar-refractivity contribution < 1.29 is 17.9 Å². The first-order valence-electron chi connectivity index (χ1n) is 7.86. The van der Waals surface area contributed by atoms with E-state index in [2.05, 4.69) is 10.6 Å². The Morgan fingerprint density at radius 3 is 2.52 bits per heavy atom. The molecule has 1 atom stereocenters. The van der Waals surface area contributed by atoms with E-state index in [1.165, 1.54) is 0 Å². The molecule has 1 aliphatic heterocycles. The minimum absolute atomic E-state index is 0. The molecule has 1 unspecified atom stereocenters. The summed E-state index contributed by atoms with van der Waals surface area (Å²) in [6.45, 7) is 3.01. The molecule has 1 heterocycles. The number of benzene rings is 1. The summed E-state index contributed by atoms with van der Waals surface area (Å²) in [4.78, 5) is 12.6. The largest absolute Gasteiger partial charge is 0.487 e. The first-order valence-corrected chi connectivity index (χ1v) is 10.1. The molecule has 6 nitrogen and oxygen atoms in total. The molecule has 9 heteroatoms. The van der Waals surface area contributed by atoms with Crippen LogP contribution in [0.3, 0.4) is 0 Å². The number of carbonyl (C=O) groups excluding carboxylic acids is 1. The topological polar surface area (TPSA) is 84.5 Å². The van der Waals surface area contributed by atoms with Gasteiger partial charge in [0.2, 0.25) is 5.91 Å². The van der Waals surface area contributed by atoms with Crippen molar-refractivity contribution in [1.29, 1.82) is 0 Å². The van der Waals surface area contributed by atoms with E-state index in [-0.39, 0.29) is 37.9 Å². The zero-order valence-corrected chi connectivity index (χ0v) is 16.6. The Morgan fingerprint density at radius 1 is 1.36 bits per heavy atom. The third-order valence-electron chi connectivity index (χ3n) is 4.25. The van der Waals surface area contributed by atoms with Crippen molar-refractivity contribution in [3.05, 3.63) is 29.3 Å². The maximum Gasteiger partial charge on any atom is 0.241 e. The highest BCUT2D eigenvalue weighted by molar-refractivity contribution is 7.92. The molecule has 1 aliphatic rings. The van der Waals surface area contributed by atoms with Crippen LogP contribution >= 0.6 is 24.0 Å². The number of ether oxygens (including phenoxy) is 1. The van der Waals surface area contributed by atoms with Gasteiger partial charge in [0.15, 0.2) is 14.6 Å². The lowest BCUT2D eigenvalue weighted by atomic mass is 9.96. The summed E-state index contributed by atoms with van der Waals surface area (Å²) >= 11 is 6.04. The molecule has 0 aliphatic carbocycles. The monoisotopic (exact) mass is 410 g/mol. The van der Waals surface area contributed by atoms with E-state index in [0.717, 1.165) is 6.26 Å². The van der Waals surface area contributed by atoms with E-state index in [9.17, 15) is 13.2 Å². The van der Waals surface area contributed by atoms with Crippen LogP contribution in [-0.4, -0.2) is 51.1 Å². The van der Waals surface area contributed by atoms with Gasteiger partial charge in [-0.3, -0.25) is 4.79 Å². The molecule has 25 heavy (non-hydrogen) atoms. The fourth-order valence-electron chi connectivity index (χ4n) is 2.79. The van der Waals surface area contributed by atoms with Crippen LogP contribution in [0, 0.1) is 0 Å². The van der Waals surface area contributed by atoms with Crippen LogP contribution in [0.1, 0.15) is 19.8 Å². The van der Waals surface area contributed by atoms with Crippen LogP contribution in [0.2, 0.25) is 5.02 Å². The van der Waals surface area contributed by atoms with Gasteiger partial charge in [0, 0.05) is 6.26 Å². The second kappa shape index (κ2) is 9.07. The van der Waals surface area contributed by atoms with E-state index >= 15 is 0 Å². The van der Waals surface area contributed by atoms with Crippen LogP contribution in [0.5, 0.6) is 5.75 Å². The summed E-state index contributed by atoms with van der Waals surface area (Å²) in [6, 6.07) is 7.07. The molecule has 1 aromatic rings. The molecule has 1 amide bonds. The Hall–Kier alpha value is -1.02. The van der Waals surface area contributed by atoms with Gasteiger partial charge in [-0.1, -0.05) is 23.7 Å². The van der Waals surface area contributed by atoms with Gasteiger partial charge in [-0.05, 0) is 45.0 Å². The lowest BCUT2D eigenvalue weighted by molar-refractivity contribution is -0.124. The zero-order valence-electron chi connectivity index (χ0n) is 14.2. The molecule has 0 aromatic heterocycles. The number of hydrogen-bond acceptors (Lipinski definition) is 5. The fourth-order valence-corrected chi connectivity index (χ4v) is 4.33. The normalized spacial score (nSPS) is 17.9. The van der Waals surface area contributed by atoms with Gasteiger partial charge in [-0.25, -0.2) is 8.42 Å². The molecule has 142 valence electrons. The minimum Gasteiger partial charge on any atom is -0.487 e. The van der Waals surface area contributed by atoms with Gasteiger partial charge >= 0.3 is 0 Å². The van der Waals surface area contributed by atoms with Gasteiger partial charge in [0.25, 0.3) is 0 Å². The van der Waals surface area contributed by atoms with E-state index in [1.54, 1.807) is 31.2 Å². The number of rotatable bonds is 6. The molecule has 2 rings (SSSR count). The van der Waals surface area contributed by atoms with Crippen LogP contribution < -0.4 is 15.4 Å². The second-order valence-corrected chi connectivity index (χ2v) is 8.82. The lowest BCUT2D eigenvalue weighted by Crippen LogP contribution is -2.58. The quantitative estimate of drug-likeness (QED) is 0.746. The van der Waals surface area contributed by atoms with Gasteiger partial charge in [-0.2, -0.15) is 0 Å². The number of amides is 1. The Balaban J connectivity index is 0.00000312. The minimum atomic E-state index is -3.51. The highest BCUT2D eigenvalue weighted by Crippen LogP contribution is 2.28. The van der Waals surface area contributed by atoms with Crippen molar-refractivity contribution in [1.82, 2.24) is 10.6 Å². The summed E-state index contributed by atoms with van der Waals surface area (Å²) in [6.07, 6.45) is 1.34. The van der Waals surface area contributed by atoms with Crippen molar-refractivity contribution in [3.63, 3.8) is 0 Å². The summed E-state index contributed by atoms with van der Waals surface area (Å²) in [5, 5.41) is 6.30. The highest BCUT2D eigenvalue weighted by Gasteiger charge is 2.48. The zero-order chi connectivity index (χ0) is 17.8. The van der Waals surface area contributed by atoms with Crippen molar-refractivity contribution >= 4 is 39.8 Å². The number of hydrogen-bond donors (Lipinski definition) is 2. The smallest absolute Gasteiger partial charge is 0.241 e. The predicted octanol–water partition coefficient (Wildman–Crippen LogP) is 1.81. The summed E-state index contributed by atoms with van der Waals surface area (Å²) in [7, 11) is -3.51. The van der Waals surface area contributed by atoms with Gasteiger partial charge in [0.05, 0.1) is 11.6 Å². The van der Waals surface area contributed by atoms with Crippen LogP contribution in [0.25, 0.3) is 0 Å². The molecule has 1 saturated heterocycles. The number of nitrogens with one attached hydrogen (secondary N) is 2. The van der Waals surface area contributed by atoms with Crippen LogP contribution in [-0.2, 0) is 14.6 Å². The summed E-state index contributed by atoms with van der Waals surface area (Å²) in [5.41, 5.74) is 0. The van der Waals surface area contributed by atoms with Crippen LogP contribution in [0.15, 0.2) is 24.3 Å². The average molecular weight is 411 g/mol. The first kappa shape index (κ1) is 22.0. The van der Waals surface area contributed by atoms with E-state index < -0.39 is 20.5 Å².